The van der Waals surface area contributed by atoms with Gasteiger partial charge < -0.3 is 9.67 Å². The van der Waals surface area contributed by atoms with Gasteiger partial charge in [-0.2, -0.15) is 0 Å². The summed E-state index contributed by atoms with van der Waals surface area (Å²) in [6.07, 6.45) is 1.98. The molecule has 8 heteroatoms. The Bertz CT molecular complexity index is 1360. The van der Waals surface area contributed by atoms with Crippen LogP contribution in [0.4, 0.5) is 0 Å². The maximum absolute atomic E-state index is 11.9. The molecule has 2 heterocycles. The molecule has 0 aliphatic carbocycles. The lowest BCUT2D eigenvalue weighted by atomic mass is 9.98. The number of nitrogens with two attached hydrogens (primary N) is 1. The Kier molecular flexibility index (Phi) is 4.57. The number of aromatic carboxylic acids is 1. The van der Waals surface area contributed by atoms with E-state index in [-0.39, 0.29) is 9.77 Å². The van der Waals surface area contributed by atoms with Crippen LogP contribution in [-0.4, -0.2) is 24.1 Å². The Morgan fingerprint density at radius 2 is 1.72 bits per heavy atom. The average molecular weight is 427 g/mol. The van der Waals surface area contributed by atoms with Crippen molar-refractivity contribution in [2.45, 2.75) is 11.8 Å². The molecular weight excluding hydrogens is 408 g/mol. The number of carboxylic acids is 1. The number of hydrogen-bond acceptors (Lipinski definition) is 4. The molecule has 0 bridgehead atoms. The molecule has 2 aromatic carbocycles. The van der Waals surface area contributed by atoms with Gasteiger partial charge in [0.2, 0.25) is 10.0 Å². The fraction of sp³-hybridized carbons (Fsp3) is 0.0952. The van der Waals surface area contributed by atoms with E-state index in [1.807, 2.05) is 49.0 Å². The highest BCUT2D eigenvalue weighted by atomic mass is 32.2. The molecule has 4 aromatic rings. The minimum absolute atomic E-state index is 0.0132. The Morgan fingerprint density at radius 3 is 2.34 bits per heavy atom. The van der Waals surface area contributed by atoms with Gasteiger partial charge in [0.1, 0.15) is 4.88 Å². The van der Waals surface area contributed by atoms with Crippen LogP contribution in [0.3, 0.4) is 0 Å². The lowest BCUT2D eigenvalue weighted by Gasteiger charge is -2.06. The van der Waals surface area contributed by atoms with E-state index in [1.165, 1.54) is 23.5 Å². The number of aromatic nitrogens is 1. The summed E-state index contributed by atoms with van der Waals surface area (Å²) in [6, 6.07) is 14.0. The van der Waals surface area contributed by atoms with Crippen molar-refractivity contribution in [1.82, 2.24) is 4.57 Å². The van der Waals surface area contributed by atoms with Crippen LogP contribution in [0, 0.1) is 6.92 Å². The summed E-state index contributed by atoms with van der Waals surface area (Å²) in [5, 5.41) is 16.0. The summed E-state index contributed by atoms with van der Waals surface area (Å²) in [6.45, 7) is 1.89. The first-order valence-electron chi connectivity index (χ1n) is 8.72. The lowest BCUT2D eigenvalue weighted by molar-refractivity contribution is 0.0703. The van der Waals surface area contributed by atoms with Crippen LogP contribution in [0.15, 0.2) is 59.6 Å². The van der Waals surface area contributed by atoms with Crippen molar-refractivity contribution in [3.63, 3.8) is 0 Å². The maximum atomic E-state index is 11.9. The second-order valence-corrected chi connectivity index (χ2v) is 9.42. The van der Waals surface area contributed by atoms with Gasteiger partial charge in [0.25, 0.3) is 0 Å². The second kappa shape index (κ2) is 6.84. The van der Waals surface area contributed by atoms with Gasteiger partial charge in [0.15, 0.2) is 0 Å². The van der Waals surface area contributed by atoms with Crippen LogP contribution in [0.2, 0.25) is 0 Å². The number of nitrogens with zero attached hydrogens (tertiary/aromatic N) is 1. The topological polar surface area (TPSA) is 102 Å². The fourth-order valence-electron chi connectivity index (χ4n) is 3.52. The third-order valence-corrected chi connectivity index (χ3v) is 7.22. The average Bonchev–Trinajstić information content (AvgIpc) is 3.21. The number of carboxylic acid groups (broad SMARTS) is 1. The molecule has 2 aromatic heterocycles. The fourth-order valence-corrected chi connectivity index (χ4v) is 5.20. The van der Waals surface area contributed by atoms with E-state index in [9.17, 15) is 18.3 Å². The molecule has 0 saturated carbocycles. The van der Waals surface area contributed by atoms with E-state index in [0.29, 0.717) is 11.1 Å². The highest BCUT2D eigenvalue weighted by Crippen LogP contribution is 2.42. The number of sulfonamides is 1. The summed E-state index contributed by atoms with van der Waals surface area (Å²) >= 11 is 1.22. The molecule has 3 N–H and O–H groups in total. The van der Waals surface area contributed by atoms with Crippen LogP contribution in [0.1, 0.15) is 15.2 Å². The molecule has 0 saturated heterocycles. The predicted molar refractivity (Wildman–Crippen MR) is 115 cm³/mol. The van der Waals surface area contributed by atoms with Gasteiger partial charge in [-0.1, -0.05) is 18.2 Å². The number of fused-ring (bicyclic) bond motifs is 1. The molecule has 4 rings (SSSR count). The van der Waals surface area contributed by atoms with Gasteiger partial charge in [-0.15, -0.1) is 11.3 Å². The van der Waals surface area contributed by atoms with E-state index in [1.54, 1.807) is 12.1 Å². The van der Waals surface area contributed by atoms with Crippen LogP contribution in [0.5, 0.6) is 0 Å². The Balaban J connectivity index is 1.88. The van der Waals surface area contributed by atoms with Crippen molar-refractivity contribution in [1.29, 1.82) is 0 Å². The van der Waals surface area contributed by atoms with Crippen LogP contribution in [0.25, 0.3) is 32.5 Å². The van der Waals surface area contributed by atoms with E-state index < -0.39 is 16.0 Å². The second-order valence-electron chi connectivity index (χ2n) is 6.84. The highest BCUT2D eigenvalue weighted by molar-refractivity contribution is 7.89. The Labute approximate surface area is 171 Å². The van der Waals surface area contributed by atoms with Crippen molar-refractivity contribution in [3.8, 4) is 21.6 Å². The molecule has 0 atom stereocenters. The third kappa shape index (κ3) is 3.35. The largest absolute Gasteiger partial charge is 0.477 e. The minimum atomic E-state index is -3.81. The number of rotatable bonds is 4. The van der Waals surface area contributed by atoms with Crippen molar-refractivity contribution >= 4 is 38.2 Å². The highest BCUT2D eigenvalue weighted by Gasteiger charge is 2.22. The number of carbonyl (C=O) groups is 1. The molecule has 0 spiro atoms. The van der Waals surface area contributed by atoms with Crippen molar-refractivity contribution < 1.29 is 18.3 Å². The summed E-state index contributed by atoms with van der Waals surface area (Å²) in [5.74, 6) is -1.02. The zero-order valence-corrected chi connectivity index (χ0v) is 17.3. The van der Waals surface area contributed by atoms with E-state index >= 15 is 0 Å². The lowest BCUT2D eigenvalue weighted by Crippen LogP contribution is -2.11. The van der Waals surface area contributed by atoms with Gasteiger partial charge in [-0.3, -0.25) is 0 Å². The molecule has 148 valence electrons. The zero-order chi connectivity index (χ0) is 20.9. The van der Waals surface area contributed by atoms with Crippen LogP contribution in [-0.2, 0) is 17.1 Å². The molecule has 0 fully saturated rings. The zero-order valence-electron chi connectivity index (χ0n) is 15.7. The smallest absolute Gasteiger partial charge is 0.346 e. The van der Waals surface area contributed by atoms with E-state index in [4.69, 9.17) is 5.14 Å². The monoisotopic (exact) mass is 426 g/mol. The predicted octanol–water partition coefficient (Wildman–Crippen LogP) is 4.23. The number of aryl methyl sites for hydroxylation is 1. The normalized spacial score (nSPS) is 11.8. The molecule has 6 nitrogen and oxygen atoms in total. The number of primary sulfonamides is 1. The van der Waals surface area contributed by atoms with E-state index in [0.717, 1.165) is 26.9 Å². The maximum Gasteiger partial charge on any atom is 0.346 e. The summed E-state index contributed by atoms with van der Waals surface area (Å²) in [4.78, 5) is 13.0. The summed E-state index contributed by atoms with van der Waals surface area (Å²) in [7, 11) is -1.83. The first-order valence-corrected chi connectivity index (χ1v) is 11.1. The molecule has 0 aliphatic heterocycles. The standard InChI is InChI=1S/C21H18N2O4S2/c1-12-18(13-3-6-16(7-4-13)29(22,26)27)20(21(24)25)28-19(12)15-5-8-17-14(11-15)9-10-23(17)2/h3-11H,1-2H3,(H,24,25)(H2,22,26,27). The Hall–Kier alpha value is -2.94. The minimum Gasteiger partial charge on any atom is -0.477 e. The molecule has 0 aliphatic rings. The third-order valence-electron chi connectivity index (χ3n) is 4.96. The number of hydrogen-bond donors (Lipinski definition) is 2. The van der Waals surface area contributed by atoms with Crippen molar-refractivity contribution in [2.75, 3.05) is 0 Å². The van der Waals surface area contributed by atoms with Crippen molar-refractivity contribution in [2.24, 2.45) is 12.2 Å². The summed E-state index contributed by atoms with van der Waals surface area (Å²) in [5.41, 5.74) is 4.11. The number of benzene rings is 2. The van der Waals surface area contributed by atoms with Gasteiger partial charge in [0.05, 0.1) is 4.90 Å². The summed E-state index contributed by atoms with van der Waals surface area (Å²) < 4.78 is 25.0. The van der Waals surface area contributed by atoms with Crippen LogP contribution < -0.4 is 5.14 Å². The Morgan fingerprint density at radius 1 is 1.07 bits per heavy atom. The van der Waals surface area contributed by atoms with Crippen LogP contribution >= 0.6 is 11.3 Å². The van der Waals surface area contributed by atoms with Gasteiger partial charge in [0, 0.05) is 34.6 Å². The van der Waals surface area contributed by atoms with Gasteiger partial charge >= 0.3 is 5.97 Å². The SMILES string of the molecule is Cc1c(-c2ccc3c(ccn3C)c2)sc(C(=O)O)c1-c1ccc(S(N)(=O)=O)cc1. The number of thiophene rings is 1. The molecule has 29 heavy (non-hydrogen) atoms. The van der Waals surface area contributed by atoms with E-state index in [2.05, 4.69) is 0 Å². The quantitative estimate of drug-likeness (QED) is 0.510. The molecule has 0 amide bonds. The van der Waals surface area contributed by atoms with Crippen molar-refractivity contribution in [3.05, 3.63) is 65.2 Å². The first-order chi connectivity index (χ1) is 13.7. The van der Waals surface area contributed by atoms with Gasteiger partial charge in [-0.25, -0.2) is 18.4 Å². The molecular formula is C21H18N2O4S2. The molecule has 0 unspecified atom stereocenters. The first kappa shape index (κ1) is 19.4. The molecule has 0 radical (unpaired) electrons. The van der Waals surface area contributed by atoms with Gasteiger partial charge in [-0.05, 0) is 53.9 Å².